The van der Waals surface area contributed by atoms with Gasteiger partial charge in [-0.25, -0.2) is 0 Å². The second kappa shape index (κ2) is 13.8. The predicted octanol–water partition coefficient (Wildman–Crippen LogP) is 5.67. The van der Waals surface area contributed by atoms with E-state index in [-0.39, 0.29) is 59.2 Å². The standard InChI is InChI=1S/C36H56O10/c1-18(2)19(3)32(45-23(7)39)33(46-24(8)40)20(4)26-11-12-27-25-17-42-34(41)29-15-30(43-21(5)37)31(44-22(6)38)16-36(29,10)28(25)13-14-35(26,27)9/h18-20,25-33H,11-17H2,1-10H3/t19-,20-,25-,26+,27-,28-,29+,30-,31+,32+,33+,35+,36+/m0/s1. The highest BCUT2D eigenvalue weighted by Gasteiger charge is 2.64. The minimum absolute atomic E-state index is 0.0260. The van der Waals surface area contributed by atoms with Gasteiger partial charge in [-0.2, -0.15) is 0 Å². The van der Waals surface area contributed by atoms with Gasteiger partial charge in [0.2, 0.25) is 0 Å². The lowest BCUT2D eigenvalue weighted by Gasteiger charge is -2.56. The van der Waals surface area contributed by atoms with E-state index in [0.717, 1.165) is 25.7 Å². The Kier molecular flexibility index (Phi) is 10.9. The minimum Gasteiger partial charge on any atom is -0.465 e. The summed E-state index contributed by atoms with van der Waals surface area (Å²) in [7, 11) is 0. The summed E-state index contributed by atoms with van der Waals surface area (Å²) in [4.78, 5) is 62.4. The zero-order valence-corrected chi connectivity index (χ0v) is 29.5. The molecule has 46 heavy (non-hydrogen) atoms. The number of rotatable bonds is 9. The molecule has 3 aliphatic carbocycles. The van der Waals surface area contributed by atoms with Gasteiger partial charge in [0.25, 0.3) is 0 Å². The summed E-state index contributed by atoms with van der Waals surface area (Å²) in [5.74, 6) is -1.66. The van der Waals surface area contributed by atoms with Crippen molar-refractivity contribution in [3.8, 4) is 0 Å². The van der Waals surface area contributed by atoms with Crippen molar-refractivity contribution in [3.05, 3.63) is 0 Å². The van der Waals surface area contributed by atoms with E-state index in [1.54, 1.807) is 0 Å². The van der Waals surface area contributed by atoms with E-state index in [1.165, 1.54) is 27.7 Å². The molecule has 4 aliphatic rings. The van der Waals surface area contributed by atoms with Crippen molar-refractivity contribution in [1.82, 2.24) is 0 Å². The lowest BCUT2D eigenvalue weighted by atomic mass is 9.48. The van der Waals surface area contributed by atoms with Gasteiger partial charge < -0.3 is 23.7 Å². The highest BCUT2D eigenvalue weighted by Crippen LogP contribution is 2.66. The summed E-state index contributed by atoms with van der Waals surface area (Å²) in [6.07, 6.45) is 1.82. The fourth-order valence-corrected chi connectivity index (χ4v) is 10.3. The Morgan fingerprint density at radius 1 is 0.761 bits per heavy atom. The molecule has 0 aromatic rings. The van der Waals surface area contributed by atoms with Crippen LogP contribution >= 0.6 is 0 Å². The summed E-state index contributed by atoms with van der Waals surface area (Å²) >= 11 is 0. The monoisotopic (exact) mass is 648 g/mol. The highest BCUT2D eigenvalue weighted by molar-refractivity contribution is 5.75. The van der Waals surface area contributed by atoms with Gasteiger partial charge in [0, 0.05) is 40.0 Å². The van der Waals surface area contributed by atoms with Crippen molar-refractivity contribution in [2.75, 3.05) is 6.61 Å². The molecule has 0 N–H and O–H groups in total. The fourth-order valence-electron chi connectivity index (χ4n) is 10.3. The minimum atomic E-state index is -0.703. The van der Waals surface area contributed by atoms with Gasteiger partial charge in [-0.15, -0.1) is 0 Å². The molecule has 1 saturated heterocycles. The number of hydrogen-bond donors (Lipinski definition) is 0. The molecule has 4 fully saturated rings. The molecule has 0 radical (unpaired) electrons. The highest BCUT2D eigenvalue weighted by atomic mass is 16.6. The molecule has 0 spiro atoms. The van der Waals surface area contributed by atoms with E-state index in [9.17, 15) is 24.0 Å². The molecule has 3 saturated carbocycles. The van der Waals surface area contributed by atoms with Crippen LogP contribution < -0.4 is 0 Å². The van der Waals surface area contributed by atoms with Gasteiger partial charge in [0.05, 0.1) is 12.5 Å². The molecule has 0 aromatic carbocycles. The Hall–Kier alpha value is -2.65. The molecule has 13 atom stereocenters. The average Bonchev–Trinajstić information content (AvgIpc) is 3.25. The van der Waals surface area contributed by atoms with Crippen LogP contribution in [0.15, 0.2) is 0 Å². The van der Waals surface area contributed by atoms with E-state index in [2.05, 4.69) is 34.6 Å². The molecular weight excluding hydrogens is 592 g/mol. The van der Waals surface area contributed by atoms with Crippen LogP contribution in [0.4, 0.5) is 0 Å². The number of esters is 5. The second-order valence-electron chi connectivity index (χ2n) is 15.6. The first-order valence-electron chi connectivity index (χ1n) is 17.3. The first kappa shape index (κ1) is 36.2. The molecule has 0 amide bonds. The van der Waals surface area contributed by atoms with Crippen molar-refractivity contribution in [2.45, 2.75) is 132 Å². The zero-order chi connectivity index (χ0) is 34.3. The normalized spacial score (nSPS) is 38.0. The van der Waals surface area contributed by atoms with Gasteiger partial charge in [-0.1, -0.05) is 41.5 Å². The molecule has 0 unspecified atom stereocenters. The predicted molar refractivity (Wildman–Crippen MR) is 168 cm³/mol. The maximum absolute atomic E-state index is 13.6. The number of cyclic esters (lactones) is 1. The van der Waals surface area contributed by atoms with Crippen LogP contribution in [-0.4, -0.2) is 60.9 Å². The van der Waals surface area contributed by atoms with Gasteiger partial charge in [-0.05, 0) is 78.4 Å². The first-order valence-corrected chi connectivity index (χ1v) is 17.3. The van der Waals surface area contributed by atoms with Crippen LogP contribution in [0.3, 0.4) is 0 Å². The summed E-state index contributed by atoms with van der Waals surface area (Å²) in [6, 6.07) is 0. The molecule has 0 bridgehead atoms. The number of carbonyl (C=O) groups is 5. The SMILES string of the molecule is CC(=O)O[C@H]([C@@H](C)[C@H]1CC[C@H]2[C@@H]3COC(=O)[C@H]4C[C@H](OC(C)=O)[C@H](OC(C)=O)C[C@]4(C)[C@H]3CC[C@]12C)[C@H](OC(C)=O)[C@@H](C)C(C)C. The van der Waals surface area contributed by atoms with Crippen molar-refractivity contribution >= 4 is 29.8 Å². The first-order chi connectivity index (χ1) is 21.4. The third-order valence-corrected chi connectivity index (χ3v) is 12.7. The van der Waals surface area contributed by atoms with E-state index < -0.39 is 59.6 Å². The molecule has 0 aromatic heterocycles. The summed E-state index contributed by atoms with van der Waals surface area (Å²) in [5, 5.41) is 0. The lowest BCUT2D eigenvalue weighted by Crippen LogP contribution is -2.56. The van der Waals surface area contributed by atoms with Crippen molar-refractivity contribution in [1.29, 1.82) is 0 Å². The quantitative estimate of drug-likeness (QED) is 0.228. The van der Waals surface area contributed by atoms with E-state index in [4.69, 9.17) is 23.7 Å². The summed E-state index contributed by atoms with van der Waals surface area (Å²) in [5.41, 5.74) is -0.624. The lowest BCUT2D eigenvalue weighted by molar-refractivity contribution is -0.189. The van der Waals surface area contributed by atoms with Crippen LogP contribution in [0, 0.1) is 58.2 Å². The molecule has 260 valence electrons. The summed E-state index contributed by atoms with van der Waals surface area (Å²) in [6.45, 7) is 18.6. The number of carbonyl (C=O) groups excluding carboxylic acids is 5. The van der Waals surface area contributed by atoms with Crippen LogP contribution in [-0.2, 0) is 47.7 Å². The molecule has 10 nitrogen and oxygen atoms in total. The molecule has 4 rings (SSSR count). The van der Waals surface area contributed by atoms with Crippen molar-refractivity contribution in [2.24, 2.45) is 58.2 Å². The van der Waals surface area contributed by atoms with E-state index in [0.29, 0.717) is 13.0 Å². The number of fused-ring (bicyclic) bond motifs is 5. The van der Waals surface area contributed by atoms with Crippen LogP contribution in [0.2, 0.25) is 0 Å². The molecule has 1 aliphatic heterocycles. The Labute approximate surface area is 274 Å². The smallest absolute Gasteiger partial charge is 0.309 e. The summed E-state index contributed by atoms with van der Waals surface area (Å²) < 4.78 is 29.3. The van der Waals surface area contributed by atoms with Gasteiger partial charge in [-0.3, -0.25) is 24.0 Å². The third kappa shape index (κ3) is 6.96. The van der Waals surface area contributed by atoms with Gasteiger partial charge in [0.1, 0.15) is 24.4 Å². The number of hydrogen-bond acceptors (Lipinski definition) is 10. The maximum atomic E-state index is 13.6. The Morgan fingerprint density at radius 2 is 1.33 bits per heavy atom. The van der Waals surface area contributed by atoms with Gasteiger partial charge in [0.15, 0.2) is 0 Å². The number of ether oxygens (including phenoxy) is 5. The van der Waals surface area contributed by atoms with Crippen LogP contribution in [0.25, 0.3) is 0 Å². The average molecular weight is 649 g/mol. The van der Waals surface area contributed by atoms with Crippen molar-refractivity contribution < 1.29 is 47.7 Å². The Morgan fingerprint density at radius 3 is 1.89 bits per heavy atom. The van der Waals surface area contributed by atoms with Crippen LogP contribution in [0.5, 0.6) is 0 Å². The molecule has 10 heteroatoms. The second-order valence-corrected chi connectivity index (χ2v) is 15.6. The van der Waals surface area contributed by atoms with E-state index in [1.807, 2.05) is 6.92 Å². The third-order valence-electron chi connectivity index (χ3n) is 12.7. The van der Waals surface area contributed by atoms with E-state index >= 15 is 0 Å². The molecular formula is C36H56O10. The fraction of sp³-hybridized carbons (Fsp3) is 0.861. The Bertz CT molecular complexity index is 1180. The van der Waals surface area contributed by atoms with Gasteiger partial charge >= 0.3 is 29.8 Å². The largest absolute Gasteiger partial charge is 0.465 e. The Balaban J connectivity index is 1.65. The zero-order valence-electron chi connectivity index (χ0n) is 29.5. The molecule has 1 heterocycles. The van der Waals surface area contributed by atoms with Crippen molar-refractivity contribution in [3.63, 3.8) is 0 Å². The van der Waals surface area contributed by atoms with Crippen LogP contribution in [0.1, 0.15) is 108 Å². The topological polar surface area (TPSA) is 132 Å². The maximum Gasteiger partial charge on any atom is 0.309 e.